The molecular formula is C15H19N3O2. The maximum Gasteiger partial charge on any atom is 0.165 e. The minimum absolute atomic E-state index is 0.102. The Bertz CT molecular complexity index is 546. The normalized spacial score (nSPS) is 11.9. The predicted octanol–water partition coefficient (Wildman–Crippen LogP) is 1.85. The molecule has 2 rings (SSSR count). The van der Waals surface area contributed by atoms with Crippen molar-refractivity contribution in [2.45, 2.75) is 12.5 Å². The third kappa shape index (κ3) is 3.07. The Balaban J connectivity index is 2.32. The van der Waals surface area contributed by atoms with Crippen molar-refractivity contribution in [3.63, 3.8) is 0 Å². The quantitative estimate of drug-likeness (QED) is 0.621. The lowest BCUT2D eigenvalue weighted by atomic mass is 10.0. The van der Waals surface area contributed by atoms with Crippen LogP contribution >= 0.6 is 0 Å². The van der Waals surface area contributed by atoms with Crippen LogP contribution in [0.15, 0.2) is 42.6 Å². The van der Waals surface area contributed by atoms with Crippen molar-refractivity contribution < 1.29 is 9.47 Å². The van der Waals surface area contributed by atoms with Crippen LogP contribution in [0.1, 0.15) is 17.3 Å². The number of hydrogen-bond donors (Lipinski definition) is 2. The molecule has 0 amide bonds. The molecule has 0 radical (unpaired) electrons. The summed E-state index contributed by atoms with van der Waals surface area (Å²) in [5.41, 5.74) is 4.72. The van der Waals surface area contributed by atoms with Gasteiger partial charge >= 0.3 is 0 Å². The lowest BCUT2D eigenvalue weighted by Gasteiger charge is -2.20. The fraction of sp³-hybridized carbons (Fsp3) is 0.267. The van der Waals surface area contributed by atoms with E-state index in [1.807, 2.05) is 36.4 Å². The highest BCUT2D eigenvalue weighted by Gasteiger charge is 2.18. The molecule has 5 heteroatoms. The molecule has 0 aliphatic rings. The van der Waals surface area contributed by atoms with Gasteiger partial charge in [0.1, 0.15) is 0 Å². The molecule has 106 valence electrons. The van der Waals surface area contributed by atoms with Gasteiger partial charge in [-0.05, 0) is 18.2 Å². The Morgan fingerprint density at radius 1 is 1.15 bits per heavy atom. The van der Waals surface area contributed by atoms with Crippen molar-refractivity contribution in [3.05, 3.63) is 53.9 Å². The summed E-state index contributed by atoms with van der Waals surface area (Å²) >= 11 is 0. The van der Waals surface area contributed by atoms with Gasteiger partial charge in [-0.3, -0.25) is 16.3 Å². The summed E-state index contributed by atoms with van der Waals surface area (Å²) in [6, 6.07) is 11.5. The molecule has 0 aliphatic carbocycles. The Kier molecular flexibility index (Phi) is 4.92. The van der Waals surface area contributed by atoms with E-state index in [4.69, 9.17) is 15.3 Å². The zero-order valence-electron chi connectivity index (χ0n) is 11.7. The number of aromatic nitrogens is 1. The molecule has 0 bridgehead atoms. The number of nitrogens with one attached hydrogen (secondary N) is 1. The summed E-state index contributed by atoms with van der Waals surface area (Å²) in [6.45, 7) is 0. The summed E-state index contributed by atoms with van der Waals surface area (Å²) in [5, 5.41) is 0. The standard InChI is InChI=1S/C15H19N3O2/c1-19-14-8-5-7-12(15(14)20-2)13(18-16)10-11-6-3-4-9-17-11/h3-9,13,18H,10,16H2,1-2H3. The lowest BCUT2D eigenvalue weighted by molar-refractivity contribution is 0.346. The molecule has 2 aromatic rings. The van der Waals surface area contributed by atoms with Crippen molar-refractivity contribution in [1.82, 2.24) is 10.4 Å². The molecule has 0 spiro atoms. The summed E-state index contributed by atoms with van der Waals surface area (Å²) in [6.07, 6.45) is 2.44. The minimum Gasteiger partial charge on any atom is -0.493 e. The van der Waals surface area contributed by atoms with Gasteiger partial charge < -0.3 is 9.47 Å². The van der Waals surface area contributed by atoms with Gasteiger partial charge in [-0.2, -0.15) is 0 Å². The summed E-state index contributed by atoms with van der Waals surface area (Å²) in [7, 11) is 3.24. The first-order valence-electron chi connectivity index (χ1n) is 6.37. The molecule has 0 saturated carbocycles. The average molecular weight is 273 g/mol. The maximum atomic E-state index is 5.69. The van der Waals surface area contributed by atoms with Gasteiger partial charge in [0.15, 0.2) is 11.5 Å². The van der Waals surface area contributed by atoms with Crippen LogP contribution in [0.25, 0.3) is 0 Å². The van der Waals surface area contributed by atoms with Crippen molar-refractivity contribution >= 4 is 0 Å². The number of para-hydroxylation sites is 1. The van der Waals surface area contributed by atoms with Crippen LogP contribution < -0.4 is 20.7 Å². The second-order valence-corrected chi connectivity index (χ2v) is 4.33. The minimum atomic E-state index is -0.102. The van der Waals surface area contributed by atoms with Crippen molar-refractivity contribution in [2.75, 3.05) is 14.2 Å². The molecule has 0 saturated heterocycles. The highest BCUT2D eigenvalue weighted by molar-refractivity contribution is 5.48. The van der Waals surface area contributed by atoms with Crippen LogP contribution in [0.3, 0.4) is 0 Å². The Labute approximate surface area is 118 Å². The summed E-state index contributed by atoms with van der Waals surface area (Å²) < 4.78 is 10.8. The van der Waals surface area contributed by atoms with Crippen LogP contribution in [-0.2, 0) is 6.42 Å². The highest BCUT2D eigenvalue weighted by atomic mass is 16.5. The van der Waals surface area contributed by atoms with Gasteiger partial charge in [0, 0.05) is 23.9 Å². The molecule has 1 heterocycles. The zero-order valence-corrected chi connectivity index (χ0v) is 11.7. The van der Waals surface area contributed by atoms with E-state index in [-0.39, 0.29) is 6.04 Å². The van der Waals surface area contributed by atoms with E-state index in [0.29, 0.717) is 17.9 Å². The molecular weight excluding hydrogens is 254 g/mol. The smallest absolute Gasteiger partial charge is 0.165 e. The Morgan fingerprint density at radius 2 is 2.00 bits per heavy atom. The molecule has 1 aromatic carbocycles. The van der Waals surface area contributed by atoms with E-state index >= 15 is 0 Å². The first-order chi connectivity index (χ1) is 9.80. The first kappa shape index (κ1) is 14.3. The molecule has 1 atom stereocenters. The van der Waals surface area contributed by atoms with Crippen molar-refractivity contribution in [3.8, 4) is 11.5 Å². The van der Waals surface area contributed by atoms with Crippen LogP contribution in [-0.4, -0.2) is 19.2 Å². The predicted molar refractivity (Wildman–Crippen MR) is 77.6 cm³/mol. The number of hydrogen-bond acceptors (Lipinski definition) is 5. The summed E-state index contributed by atoms with van der Waals surface area (Å²) in [5.74, 6) is 7.07. The second-order valence-electron chi connectivity index (χ2n) is 4.33. The van der Waals surface area contributed by atoms with Gasteiger partial charge in [-0.25, -0.2) is 0 Å². The molecule has 1 aromatic heterocycles. The largest absolute Gasteiger partial charge is 0.493 e. The average Bonchev–Trinajstić information content (AvgIpc) is 2.52. The number of methoxy groups -OCH3 is 2. The maximum absolute atomic E-state index is 5.69. The molecule has 20 heavy (non-hydrogen) atoms. The van der Waals surface area contributed by atoms with Gasteiger partial charge in [0.05, 0.1) is 20.3 Å². The van der Waals surface area contributed by atoms with E-state index in [0.717, 1.165) is 11.3 Å². The molecule has 5 nitrogen and oxygen atoms in total. The second kappa shape index (κ2) is 6.88. The fourth-order valence-electron chi connectivity index (χ4n) is 2.17. The van der Waals surface area contributed by atoms with Crippen LogP contribution in [0, 0.1) is 0 Å². The van der Waals surface area contributed by atoms with Crippen LogP contribution in [0.2, 0.25) is 0 Å². The molecule has 0 aliphatic heterocycles. The van der Waals surface area contributed by atoms with E-state index in [2.05, 4.69) is 10.4 Å². The monoisotopic (exact) mass is 273 g/mol. The third-order valence-electron chi connectivity index (χ3n) is 3.15. The van der Waals surface area contributed by atoms with Gasteiger partial charge in [-0.1, -0.05) is 18.2 Å². The number of rotatable bonds is 6. The number of nitrogens with zero attached hydrogens (tertiary/aromatic N) is 1. The Hall–Kier alpha value is -2.11. The van der Waals surface area contributed by atoms with Gasteiger partial charge in [-0.15, -0.1) is 0 Å². The number of ether oxygens (including phenoxy) is 2. The van der Waals surface area contributed by atoms with Gasteiger partial charge in [0.25, 0.3) is 0 Å². The highest BCUT2D eigenvalue weighted by Crippen LogP contribution is 2.35. The lowest BCUT2D eigenvalue weighted by Crippen LogP contribution is -2.30. The van der Waals surface area contributed by atoms with Crippen molar-refractivity contribution in [1.29, 1.82) is 0 Å². The zero-order chi connectivity index (χ0) is 14.4. The van der Waals surface area contributed by atoms with E-state index in [9.17, 15) is 0 Å². The third-order valence-corrected chi connectivity index (χ3v) is 3.15. The number of pyridine rings is 1. The molecule has 0 fully saturated rings. The first-order valence-corrected chi connectivity index (χ1v) is 6.37. The number of nitrogens with two attached hydrogens (primary N) is 1. The number of hydrazine groups is 1. The molecule has 1 unspecified atom stereocenters. The fourth-order valence-corrected chi connectivity index (χ4v) is 2.17. The van der Waals surface area contributed by atoms with E-state index in [1.54, 1.807) is 20.4 Å². The number of benzene rings is 1. The molecule has 3 N–H and O–H groups in total. The Morgan fingerprint density at radius 3 is 2.60 bits per heavy atom. The van der Waals surface area contributed by atoms with E-state index < -0.39 is 0 Å². The summed E-state index contributed by atoms with van der Waals surface area (Å²) in [4.78, 5) is 4.32. The topological polar surface area (TPSA) is 69.4 Å². The SMILES string of the molecule is COc1cccc(C(Cc2ccccn2)NN)c1OC. The van der Waals surface area contributed by atoms with Crippen molar-refractivity contribution in [2.24, 2.45) is 5.84 Å². The van der Waals surface area contributed by atoms with Crippen LogP contribution in [0.5, 0.6) is 11.5 Å². The van der Waals surface area contributed by atoms with E-state index in [1.165, 1.54) is 0 Å². The van der Waals surface area contributed by atoms with Crippen LogP contribution in [0.4, 0.5) is 0 Å². The van der Waals surface area contributed by atoms with Gasteiger partial charge in [0.2, 0.25) is 0 Å².